The van der Waals surface area contributed by atoms with Crippen LogP contribution in [0.15, 0.2) is 61.1 Å². The van der Waals surface area contributed by atoms with Crippen molar-refractivity contribution in [2.45, 2.75) is 6.54 Å². The third-order valence-corrected chi connectivity index (χ3v) is 4.43. The molecule has 0 saturated carbocycles. The highest BCUT2D eigenvalue weighted by Crippen LogP contribution is 2.33. The van der Waals surface area contributed by atoms with Gasteiger partial charge in [0.15, 0.2) is 5.15 Å². The van der Waals surface area contributed by atoms with Crippen LogP contribution < -0.4 is 4.74 Å². The molecule has 0 aliphatic rings. The van der Waals surface area contributed by atoms with E-state index in [1.54, 1.807) is 13.4 Å². The Morgan fingerprint density at radius 3 is 2.71 bits per heavy atom. The van der Waals surface area contributed by atoms with E-state index in [9.17, 15) is 0 Å². The quantitative estimate of drug-likeness (QED) is 0.584. The Morgan fingerprint density at radius 1 is 1.12 bits per heavy atom. The molecule has 0 fully saturated rings. The summed E-state index contributed by atoms with van der Waals surface area (Å²) in [5.41, 5.74) is 4.22. The molecule has 0 saturated heterocycles. The van der Waals surface area contributed by atoms with Crippen LogP contribution in [0.2, 0.25) is 5.15 Å². The number of H-pyrrole nitrogens is 1. The lowest BCUT2D eigenvalue weighted by molar-refractivity contribution is 0.414. The Bertz CT molecular complexity index is 985. The van der Waals surface area contributed by atoms with Gasteiger partial charge in [-0.05, 0) is 23.8 Å². The van der Waals surface area contributed by atoms with E-state index < -0.39 is 0 Å². The van der Waals surface area contributed by atoms with E-state index in [-0.39, 0.29) is 0 Å². The summed E-state index contributed by atoms with van der Waals surface area (Å²) in [5, 5.41) is 1.64. The topological polar surface area (TPSA) is 42.8 Å². The monoisotopic (exact) mass is 337 g/mol. The molecule has 24 heavy (non-hydrogen) atoms. The van der Waals surface area contributed by atoms with Crippen LogP contribution in [0.3, 0.4) is 0 Å². The first-order valence-electron chi connectivity index (χ1n) is 7.66. The number of halogens is 1. The number of para-hydroxylation sites is 1. The fourth-order valence-corrected chi connectivity index (χ4v) is 3.19. The minimum Gasteiger partial charge on any atom is -0.497 e. The maximum atomic E-state index is 6.38. The summed E-state index contributed by atoms with van der Waals surface area (Å²) < 4.78 is 7.28. The summed E-state index contributed by atoms with van der Waals surface area (Å²) in [5.74, 6) is 0.847. The Hall–Kier alpha value is -2.72. The molecule has 0 radical (unpaired) electrons. The smallest absolute Gasteiger partial charge is 0.155 e. The second kappa shape index (κ2) is 6.06. The molecule has 4 rings (SSSR count). The van der Waals surface area contributed by atoms with E-state index in [2.05, 4.69) is 26.7 Å². The predicted octanol–water partition coefficient (Wildman–Crippen LogP) is 4.74. The Morgan fingerprint density at radius 2 is 1.92 bits per heavy atom. The average Bonchev–Trinajstić information content (AvgIpc) is 3.19. The molecule has 2 heterocycles. The molecular formula is C19H16ClN3O. The number of benzene rings is 2. The highest BCUT2D eigenvalue weighted by atomic mass is 35.5. The lowest BCUT2D eigenvalue weighted by Gasteiger charge is -2.09. The maximum Gasteiger partial charge on any atom is 0.155 e. The number of hydrogen-bond donors (Lipinski definition) is 1. The third-order valence-electron chi connectivity index (χ3n) is 4.15. The number of hydrogen-bond acceptors (Lipinski definition) is 2. The maximum absolute atomic E-state index is 6.38. The molecule has 0 amide bonds. The Labute approximate surface area is 144 Å². The zero-order valence-corrected chi connectivity index (χ0v) is 13.9. The standard InChI is InChI=1S/C19H16ClN3O/c1-24-14-8-6-13(7-9-14)11-23-12-22-19(20)18(23)16-10-21-17-5-3-2-4-15(16)17/h2-10,12,21H,11H2,1H3. The number of methoxy groups -OCH3 is 1. The van der Waals surface area contributed by atoms with Crippen LogP contribution in [0.5, 0.6) is 5.75 Å². The van der Waals surface area contributed by atoms with E-state index in [0.717, 1.165) is 33.5 Å². The molecular weight excluding hydrogens is 322 g/mol. The van der Waals surface area contributed by atoms with Crippen LogP contribution in [0.1, 0.15) is 5.56 Å². The molecule has 1 N–H and O–H groups in total. The van der Waals surface area contributed by atoms with Gasteiger partial charge in [0.25, 0.3) is 0 Å². The molecule has 2 aromatic heterocycles. The van der Waals surface area contributed by atoms with E-state index in [1.165, 1.54) is 0 Å². The van der Waals surface area contributed by atoms with Crippen molar-refractivity contribution in [2.75, 3.05) is 7.11 Å². The normalized spacial score (nSPS) is 11.1. The van der Waals surface area contributed by atoms with Gasteiger partial charge in [0.1, 0.15) is 5.75 Å². The van der Waals surface area contributed by atoms with Crippen molar-refractivity contribution in [3.63, 3.8) is 0 Å². The summed E-state index contributed by atoms with van der Waals surface area (Å²) in [6.45, 7) is 0.693. The number of imidazole rings is 1. The van der Waals surface area contributed by atoms with Gasteiger partial charge in [0.05, 0.1) is 19.1 Å². The molecule has 0 atom stereocenters. The molecule has 120 valence electrons. The van der Waals surface area contributed by atoms with Gasteiger partial charge < -0.3 is 14.3 Å². The summed E-state index contributed by atoms with van der Waals surface area (Å²) in [4.78, 5) is 7.59. The number of aromatic amines is 1. The van der Waals surface area contributed by atoms with Crippen LogP contribution in [-0.2, 0) is 6.54 Å². The van der Waals surface area contributed by atoms with Crippen LogP contribution in [0.4, 0.5) is 0 Å². The Kier molecular flexibility index (Phi) is 3.75. The van der Waals surface area contributed by atoms with E-state index in [0.29, 0.717) is 11.7 Å². The second-order valence-electron chi connectivity index (χ2n) is 5.61. The lowest BCUT2D eigenvalue weighted by Crippen LogP contribution is -2.00. The molecule has 2 aromatic carbocycles. The summed E-state index contributed by atoms with van der Waals surface area (Å²) >= 11 is 6.38. The van der Waals surface area contributed by atoms with Gasteiger partial charge >= 0.3 is 0 Å². The number of rotatable bonds is 4. The van der Waals surface area contributed by atoms with Crippen LogP contribution in [0.25, 0.3) is 22.2 Å². The number of ether oxygens (including phenoxy) is 1. The van der Waals surface area contributed by atoms with Crippen molar-refractivity contribution in [1.82, 2.24) is 14.5 Å². The molecule has 0 aliphatic heterocycles. The molecule has 4 aromatic rings. The van der Waals surface area contributed by atoms with Gasteiger partial charge in [-0.2, -0.15) is 0 Å². The number of aromatic nitrogens is 3. The van der Waals surface area contributed by atoms with Crippen molar-refractivity contribution in [1.29, 1.82) is 0 Å². The molecule has 0 aliphatic carbocycles. The molecule has 0 spiro atoms. The molecule has 5 heteroatoms. The van der Waals surface area contributed by atoms with E-state index in [4.69, 9.17) is 16.3 Å². The van der Waals surface area contributed by atoms with Crippen molar-refractivity contribution in [2.24, 2.45) is 0 Å². The highest BCUT2D eigenvalue weighted by molar-refractivity contribution is 6.32. The zero-order valence-electron chi connectivity index (χ0n) is 13.2. The van der Waals surface area contributed by atoms with Gasteiger partial charge in [0.2, 0.25) is 0 Å². The average molecular weight is 338 g/mol. The van der Waals surface area contributed by atoms with Crippen molar-refractivity contribution >= 4 is 22.5 Å². The van der Waals surface area contributed by atoms with Crippen molar-refractivity contribution in [3.8, 4) is 17.0 Å². The fraction of sp³-hybridized carbons (Fsp3) is 0.105. The van der Waals surface area contributed by atoms with Gasteiger partial charge in [-0.3, -0.25) is 0 Å². The van der Waals surface area contributed by atoms with E-state index in [1.807, 2.05) is 42.6 Å². The number of fused-ring (bicyclic) bond motifs is 1. The van der Waals surface area contributed by atoms with Gasteiger partial charge in [-0.25, -0.2) is 4.98 Å². The first-order chi connectivity index (χ1) is 11.8. The van der Waals surface area contributed by atoms with Crippen LogP contribution in [0, 0.1) is 0 Å². The van der Waals surface area contributed by atoms with Gasteiger partial charge in [-0.15, -0.1) is 0 Å². The third kappa shape index (κ3) is 2.55. The van der Waals surface area contributed by atoms with E-state index >= 15 is 0 Å². The predicted molar refractivity (Wildman–Crippen MR) is 96.6 cm³/mol. The Balaban J connectivity index is 1.75. The largest absolute Gasteiger partial charge is 0.497 e. The first-order valence-corrected chi connectivity index (χ1v) is 8.04. The number of nitrogens with one attached hydrogen (secondary N) is 1. The van der Waals surface area contributed by atoms with Crippen LogP contribution in [-0.4, -0.2) is 21.6 Å². The van der Waals surface area contributed by atoms with Gasteiger partial charge in [-0.1, -0.05) is 41.9 Å². The highest BCUT2D eigenvalue weighted by Gasteiger charge is 2.15. The molecule has 0 unspecified atom stereocenters. The summed E-state index contributed by atoms with van der Waals surface area (Å²) in [6, 6.07) is 16.2. The SMILES string of the molecule is COc1ccc(Cn2cnc(Cl)c2-c2c[nH]c3ccccc23)cc1. The zero-order chi connectivity index (χ0) is 16.5. The lowest BCUT2D eigenvalue weighted by atomic mass is 10.1. The van der Waals surface area contributed by atoms with Crippen molar-refractivity contribution in [3.05, 3.63) is 71.8 Å². The second-order valence-corrected chi connectivity index (χ2v) is 5.97. The first kappa shape index (κ1) is 14.8. The number of nitrogens with zero attached hydrogens (tertiary/aromatic N) is 2. The molecule has 0 bridgehead atoms. The van der Waals surface area contributed by atoms with Crippen LogP contribution >= 0.6 is 11.6 Å². The summed E-state index contributed by atoms with van der Waals surface area (Å²) in [7, 11) is 1.67. The fourth-order valence-electron chi connectivity index (χ4n) is 2.94. The minimum absolute atomic E-state index is 0.508. The van der Waals surface area contributed by atoms with Crippen molar-refractivity contribution < 1.29 is 4.74 Å². The minimum atomic E-state index is 0.508. The molecule has 4 nitrogen and oxygen atoms in total. The van der Waals surface area contributed by atoms with Gasteiger partial charge in [0, 0.05) is 29.2 Å². The summed E-state index contributed by atoms with van der Waals surface area (Å²) in [6.07, 6.45) is 3.77.